The summed E-state index contributed by atoms with van der Waals surface area (Å²) in [7, 11) is 0. The van der Waals surface area contributed by atoms with Crippen LogP contribution in [0.2, 0.25) is 0 Å². The van der Waals surface area contributed by atoms with E-state index in [0.717, 1.165) is 39.2 Å². The number of carbonyl (C=O) groups is 1. The number of hydrogen-bond acceptors (Lipinski definition) is 4. The number of hydrogen-bond donors (Lipinski definition) is 1. The molecule has 0 spiro atoms. The third-order valence-corrected chi connectivity index (χ3v) is 5.92. The number of fused-ring (bicyclic) bond motifs is 1. The first-order valence-electron chi connectivity index (χ1n) is 11.5. The fraction of sp³-hybridized carbons (Fsp3) is 0.172. The fourth-order valence-corrected chi connectivity index (χ4v) is 4.16. The van der Waals surface area contributed by atoms with Crippen molar-refractivity contribution in [2.45, 2.75) is 26.4 Å². The zero-order valence-corrected chi connectivity index (χ0v) is 21.1. The first-order valence-corrected chi connectivity index (χ1v) is 12.3. The molecule has 5 nitrogen and oxygen atoms in total. The van der Waals surface area contributed by atoms with Crippen molar-refractivity contribution in [2.75, 3.05) is 6.61 Å². The van der Waals surface area contributed by atoms with E-state index in [-0.39, 0.29) is 12.5 Å². The number of amides is 1. The van der Waals surface area contributed by atoms with Crippen LogP contribution in [0.3, 0.4) is 0 Å². The Kier molecular flexibility index (Phi) is 8.52. The van der Waals surface area contributed by atoms with Gasteiger partial charge in [-0.15, -0.1) is 0 Å². The minimum atomic E-state index is -0.337. The smallest absolute Gasteiger partial charge is 0.277 e. The minimum absolute atomic E-state index is 0.119. The summed E-state index contributed by atoms with van der Waals surface area (Å²) in [5, 5.41) is 6.23. The first-order chi connectivity index (χ1) is 17.1. The lowest BCUT2D eigenvalue weighted by molar-refractivity contribution is -0.123. The molecule has 0 fully saturated rings. The average Bonchev–Trinajstić information content (AvgIpc) is 2.88. The van der Waals surface area contributed by atoms with Gasteiger partial charge in [0.05, 0.1) is 6.21 Å². The Morgan fingerprint density at radius 1 is 0.943 bits per heavy atom. The summed E-state index contributed by atoms with van der Waals surface area (Å²) in [5.74, 6) is 1.00. The van der Waals surface area contributed by atoms with E-state index in [9.17, 15) is 4.79 Å². The van der Waals surface area contributed by atoms with Crippen molar-refractivity contribution in [1.82, 2.24) is 5.43 Å². The predicted molar refractivity (Wildman–Crippen MR) is 144 cm³/mol. The zero-order chi connectivity index (χ0) is 24.5. The zero-order valence-electron chi connectivity index (χ0n) is 19.5. The molecule has 0 radical (unpaired) electrons. The van der Waals surface area contributed by atoms with Gasteiger partial charge in [0.2, 0.25) is 0 Å². The van der Waals surface area contributed by atoms with Gasteiger partial charge in [0, 0.05) is 10.0 Å². The molecule has 0 atom stereocenters. The molecule has 35 heavy (non-hydrogen) atoms. The Morgan fingerprint density at radius 3 is 2.57 bits per heavy atom. The maximum atomic E-state index is 12.3. The lowest BCUT2D eigenvalue weighted by Gasteiger charge is -2.12. The Labute approximate surface area is 213 Å². The third kappa shape index (κ3) is 6.93. The Balaban J connectivity index is 1.42. The van der Waals surface area contributed by atoms with Crippen molar-refractivity contribution in [1.29, 1.82) is 0 Å². The summed E-state index contributed by atoms with van der Waals surface area (Å²) in [5.41, 5.74) is 5.64. The highest BCUT2D eigenvalue weighted by atomic mass is 79.9. The van der Waals surface area contributed by atoms with E-state index in [1.807, 2.05) is 84.9 Å². The van der Waals surface area contributed by atoms with Crippen LogP contribution in [0, 0.1) is 0 Å². The van der Waals surface area contributed by atoms with E-state index >= 15 is 0 Å². The molecule has 0 unspecified atom stereocenters. The van der Waals surface area contributed by atoms with Crippen LogP contribution in [0.25, 0.3) is 10.8 Å². The van der Waals surface area contributed by atoms with Gasteiger partial charge in [0.25, 0.3) is 5.91 Å². The van der Waals surface area contributed by atoms with Gasteiger partial charge in [0.1, 0.15) is 18.1 Å². The molecule has 0 heterocycles. The van der Waals surface area contributed by atoms with Crippen LogP contribution in [0.15, 0.2) is 94.5 Å². The maximum absolute atomic E-state index is 12.3. The van der Waals surface area contributed by atoms with Crippen molar-refractivity contribution in [2.24, 2.45) is 5.10 Å². The third-order valence-electron chi connectivity index (χ3n) is 5.43. The van der Waals surface area contributed by atoms with Crippen LogP contribution in [0.4, 0.5) is 0 Å². The van der Waals surface area contributed by atoms with E-state index < -0.39 is 0 Å². The number of halogens is 1. The molecule has 1 N–H and O–H groups in total. The van der Waals surface area contributed by atoms with Crippen molar-refractivity contribution in [3.8, 4) is 11.5 Å². The van der Waals surface area contributed by atoms with Crippen LogP contribution in [-0.2, 0) is 17.8 Å². The number of benzene rings is 4. The van der Waals surface area contributed by atoms with Gasteiger partial charge in [-0.2, -0.15) is 5.10 Å². The normalized spacial score (nSPS) is 11.0. The first kappa shape index (κ1) is 24.5. The number of nitrogens with one attached hydrogen (secondary N) is 1. The molecule has 0 aliphatic heterocycles. The molecule has 4 rings (SSSR count). The number of hydrazone groups is 1. The molecule has 0 aromatic heterocycles. The quantitative estimate of drug-likeness (QED) is 0.184. The monoisotopic (exact) mass is 530 g/mol. The Morgan fingerprint density at radius 2 is 1.77 bits per heavy atom. The van der Waals surface area contributed by atoms with Crippen LogP contribution in [0.1, 0.15) is 30.0 Å². The van der Waals surface area contributed by atoms with Gasteiger partial charge in [-0.05, 0) is 58.7 Å². The predicted octanol–water partition coefficient (Wildman–Crippen LogP) is 6.66. The van der Waals surface area contributed by atoms with Crippen LogP contribution < -0.4 is 14.9 Å². The highest BCUT2D eigenvalue weighted by molar-refractivity contribution is 9.10. The van der Waals surface area contributed by atoms with Crippen molar-refractivity contribution in [3.05, 3.63) is 106 Å². The van der Waals surface area contributed by atoms with E-state index in [4.69, 9.17) is 9.47 Å². The number of nitrogens with zero attached hydrogens (tertiary/aromatic N) is 1. The number of ether oxygens (including phenoxy) is 2. The molecule has 0 saturated heterocycles. The van der Waals surface area contributed by atoms with E-state index in [2.05, 4.69) is 33.4 Å². The minimum Gasteiger partial charge on any atom is -0.488 e. The largest absolute Gasteiger partial charge is 0.488 e. The summed E-state index contributed by atoms with van der Waals surface area (Å²) < 4.78 is 12.7. The van der Waals surface area contributed by atoms with E-state index in [0.29, 0.717) is 18.1 Å². The summed E-state index contributed by atoms with van der Waals surface area (Å²) in [6.07, 6.45) is 3.74. The second-order valence-corrected chi connectivity index (χ2v) is 9.01. The summed E-state index contributed by atoms with van der Waals surface area (Å²) in [6.45, 7) is 2.44. The summed E-state index contributed by atoms with van der Waals surface area (Å²) in [4.78, 5) is 12.3. The standard InChI is InChI=1S/C29H27BrN2O3/c1-2-6-21-11-14-25(15-12-21)34-20-29(33)32-31-18-27-26-10-4-3-8-23(26)13-16-28(27)35-19-22-7-5-9-24(30)17-22/h3-5,7-18H,2,6,19-20H2,1H3,(H,32,33)/b31-18+. The molecule has 0 aliphatic carbocycles. The molecule has 1 amide bonds. The van der Waals surface area contributed by atoms with E-state index in [1.165, 1.54) is 5.56 Å². The topological polar surface area (TPSA) is 59.9 Å². The highest BCUT2D eigenvalue weighted by Crippen LogP contribution is 2.27. The number of rotatable bonds is 10. The van der Waals surface area contributed by atoms with Gasteiger partial charge in [-0.3, -0.25) is 4.79 Å². The number of aryl methyl sites for hydroxylation is 1. The van der Waals surface area contributed by atoms with Gasteiger partial charge in [-0.1, -0.05) is 83.9 Å². The van der Waals surface area contributed by atoms with Crippen molar-refractivity contribution in [3.63, 3.8) is 0 Å². The molecule has 6 heteroatoms. The van der Waals surface area contributed by atoms with Crippen molar-refractivity contribution >= 4 is 38.8 Å². The fourth-order valence-electron chi connectivity index (χ4n) is 3.71. The molecule has 178 valence electrons. The molecule has 0 bridgehead atoms. The van der Waals surface area contributed by atoms with Gasteiger partial charge in [0.15, 0.2) is 6.61 Å². The maximum Gasteiger partial charge on any atom is 0.277 e. The lowest BCUT2D eigenvalue weighted by atomic mass is 10.0. The Bertz CT molecular complexity index is 1320. The second-order valence-electron chi connectivity index (χ2n) is 8.09. The SMILES string of the molecule is CCCc1ccc(OCC(=O)N/N=C/c2c(OCc3cccc(Br)c3)ccc3ccccc23)cc1. The Hall–Kier alpha value is -3.64. The summed E-state index contributed by atoms with van der Waals surface area (Å²) in [6, 6.07) is 27.7. The molecular weight excluding hydrogens is 504 g/mol. The second kappa shape index (κ2) is 12.2. The summed E-state index contributed by atoms with van der Waals surface area (Å²) >= 11 is 3.49. The highest BCUT2D eigenvalue weighted by Gasteiger charge is 2.09. The van der Waals surface area contributed by atoms with Crippen LogP contribution in [-0.4, -0.2) is 18.7 Å². The average molecular weight is 531 g/mol. The molecule has 4 aromatic carbocycles. The molecule has 0 saturated carbocycles. The molecule has 0 aliphatic rings. The van der Waals surface area contributed by atoms with Gasteiger partial charge in [-0.25, -0.2) is 5.43 Å². The molecular formula is C29H27BrN2O3. The van der Waals surface area contributed by atoms with Crippen LogP contribution >= 0.6 is 15.9 Å². The van der Waals surface area contributed by atoms with Gasteiger partial charge < -0.3 is 9.47 Å². The molecule has 4 aromatic rings. The van der Waals surface area contributed by atoms with E-state index in [1.54, 1.807) is 6.21 Å². The van der Waals surface area contributed by atoms with Crippen molar-refractivity contribution < 1.29 is 14.3 Å². The van der Waals surface area contributed by atoms with Crippen LogP contribution in [0.5, 0.6) is 11.5 Å². The lowest BCUT2D eigenvalue weighted by Crippen LogP contribution is -2.24. The van der Waals surface area contributed by atoms with Gasteiger partial charge >= 0.3 is 0 Å². The number of carbonyl (C=O) groups excluding carboxylic acids is 1.